The van der Waals surface area contributed by atoms with Crippen LogP contribution in [0.3, 0.4) is 0 Å². The summed E-state index contributed by atoms with van der Waals surface area (Å²) in [5.74, 6) is 3.00. The average Bonchev–Trinajstić information content (AvgIpc) is 3.34. The Balaban J connectivity index is 0.0000259. The number of rotatable bonds is 37. The van der Waals surface area contributed by atoms with Crippen LogP contribution in [-0.2, 0) is 13.1 Å². The highest BCUT2D eigenvalue weighted by Gasteiger charge is 2.10. The Labute approximate surface area is 448 Å². The Morgan fingerprint density at radius 3 is 1.04 bits per heavy atom. The zero-order valence-electron chi connectivity index (χ0n) is 48.0. The third kappa shape index (κ3) is 31.2. The predicted octanol–water partition coefficient (Wildman–Crippen LogP) is 18.5. The molecule has 0 unspecified atom stereocenters. The van der Waals surface area contributed by atoms with Crippen LogP contribution in [-0.4, -0.2) is 53.0 Å². The molecule has 6 nitrogen and oxygen atoms in total. The highest BCUT2D eigenvalue weighted by Crippen LogP contribution is 2.29. The van der Waals surface area contributed by atoms with Crippen LogP contribution < -0.4 is 24.3 Å². The molecule has 72 heavy (non-hydrogen) atoms. The maximum Gasteiger partial charge on any atom is 0.161 e. The molecular weight excluding hydrogens is 908 g/mol. The van der Waals surface area contributed by atoms with Crippen molar-refractivity contribution in [3.63, 3.8) is 0 Å². The number of nitrogens with one attached hydrogen (secondary N) is 1. The molecule has 0 spiro atoms. The molecule has 0 atom stereocenters. The van der Waals surface area contributed by atoms with E-state index in [0.717, 1.165) is 145 Å². The summed E-state index contributed by atoms with van der Waals surface area (Å²) in [6.07, 6.45) is 40.2. The Hall–Kier alpha value is -4.49. The minimum atomic E-state index is 0. The Kier molecular flexibility index (Phi) is 36.4. The lowest BCUT2D eigenvalue weighted by molar-refractivity contribution is 0.291. The quantitative estimate of drug-likeness (QED) is 0.0538. The van der Waals surface area contributed by atoms with Gasteiger partial charge in [0.25, 0.3) is 0 Å². The van der Waals surface area contributed by atoms with Gasteiger partial charge in [-0.2, -0.15) is 0 Å². The molecule has 0 aliphatic carbocycles. The molecule has 0 heterocycles. The highest BCUT2D eigenvalue weighted by atomic mass is 35.5. The number of nitrogens with zero attached hydrogens (tertiary/aromatic N) is 1. The van der Waals surface area contributed by atoms with Crippen molar-refractivity contribution >= 4 is 12.4 Å². The summed E-state index contributed by atoms with van der Waals surface area (Å²) in [4.78, 5) is 2.48. The molecule has 0 aliphatic heterocycles. The number of allylic oxidation sites excluding steroid dienone is 17. The first-order valence-corrected chi connectivity index (χ1v) is 26.9. The van der Waals surface area contributed by atoms with E-state index < -0.39 is 0 Å². The van der Waals surface area contributed by atoms with Crippen molar-refractivity contribution in [2.75, 3.05) is 48.1 Å². The van der Waals surface area contributed by atoms with Gasteiger partial charge < -0.3 is 24.3 Å². The van der Waals surface area contributed by atoms with Crippen molar-refractivity contribution in [2.24, 2.45) is 0 Å². The number of hydrogen-bond donors (Lipinski definition) is 1. The van der Waals surface area contributed by atoms with Crippen LogP contribution in [0.15, 0.2) is 141 Å². The van der Waals surface area contributed by atoms with Crippen LogP contribution >= 0.6 is 12.4 Å². The molecule has 0 bridgehead atoms. The lowest BCUT2D eigenvalue weighted by Crippen LogP contribution is -2.32. The smallest absolute Gasteiger partial charge is 0.161 e. The van der Waals surface area contributed by atoms with Gasteiger partial charge in [0, 0.05) is 32.7 Å². The summed E-state index contributed by atoms with van der Waals surface area (Å²) in [6, 6.07) is 12.3. The number of methoxy groups -OCH3 is 4. The molecule has 0 radical (unpaired) electrons. The molecule has 0 amide bonds. The highest BCUT2D eigenvalue weighted by molar-refractivity contribution is 5.85. The fourth-order valence-corrected chi connectivity index (χ4v) is 8.45. The SMILES string of the molecule is COc1ccc(CNCCN(C/C=C(\C)CC/C=C(\C)CC/C=C(\C)CC/C=C(\C)CC/C=C(\C)CC/C=C(\C)CC/C=C(\C)CC/C=C(\C)CCC=C(C)C)Cc2ccc(OC)c(OC)c2)cc1OC.Cl. The van der Waals surface area contributed by atoms with E-state index in [1.807, 2.05) is 18.2 Å². The minimum Gasteiger partial charge on any atom is -0.493 e. The summed E-state index contributed by atoms with van der Waals surface area (Å²) in [5, 5.41) is 3.63. The lowest BCUT2D eigenvalue weighted by Gasteiger charge is -2.22. The van der Waals surface area contributed by atoms with Crippen molar-refractivity contribution < 1.29 is 18.9 Å². The Bertz CT molecular complexity index is 2130. The van der Waals surface area contributed by atoms with Gasteiger partial charge in [0.05, 0.1) is 28.4 Å². The second-order valence-electron chi connectivity index (χ2n) is 20.3. The molecule has 0 fully saturated rings. The normalized spacial score (nSPS) is 13.4. The largest absolute Gasteiger partial charge is 0.493 e. The van der Waals surface area contributed by atoms with Gasteiger partial charge in [-0.05, 0) is 207 Å². The van der Waals surface area contributed by atoms with Crippen LogP contribution in [0.1, 0.15) is 183 Å². The van der Waals surface area contributed by atoms with E-state index in [1.165, 1.54) is 75.0 Å². The van der Waals surface area contributed by atoms with Crippen molar-refractivity contribution in [1.29, 1.82) is 0 Å². The second-order valence-corrected chi connectivity index (χ2v) is 20.3. The number of ether oxygens (including phenoxy) is 4. The molecule has 0 saturated carbocycles. The van der Waals surface area contributed by atoms with E-state index >= 15 is 0 Å². The fraction of sp³-hybridized carbons (Fsp3) is 0.538. The molecule has 402 valence electrons. The van der Waals surface area contributed by atoms with Crippen molar-refractivity contribution in [1.82, 2.24) is 10.2 Å². The maximum atomic E-state index is 5.61. The van der Waals surface area contributed by atoms with E-state index in [1.54, 1.807) is 28.4 Å². The first kappa shape index (κ1) is 65.5. The van der Waals surface area contributed by atoms with Crippen LogP contribution in [0, 0.1) is 0 Å². The Morgan fingerprint density at radius 2 is 0.708 bits per heavy atom. The third-order valence-corrected chi connectivity index (χ3v) is 13.2. The summed E-state index contributed by atoms with van der Waals surface area (Å²) in [6.45, 7) is 26.9. The van der Waals surface area contributed by atoms with Crippen molar-refractivity contribution in [3.8, 4) is 23.0 Å². The molecule has 1 N–H and O–H groups in total. The molecule has 2 aromatic rings. The summed E-state index contributed by atoms with van der Waals surface area (Å²) >= 11 is 0. The third-order valence-electron chi connectivity index (χ3n) is 13.2. The summed E-state index contributed by atoms with van der Waals surface area (Å²) in [5.41, 5.74) is 15.8. The van der Waals surface area contributed by atoms with E-state index in [0.29, 0.717) is 0 Å². The van der Waals surface area contributed by atoms with Gasteiger partial charge in [0.15, 0.2) is 23.0 Å². The molecule has 7 heteroatoms. The molecule has 0 saturated heterocycles. The topological polar surface area (TPSA) is 52.2 Å². The zero-order chi connectivity index (χ0) is 52.2. The average molecular weight is 1010 g/mol. The van der Waals surface area contributed by atoms with Crippen LogP contribution in [0.5, 0.6) is 23.0 Å². The number of benzene rings is 2. The van der Waals surface area contributed by atoms with E-state index in [4.69, 9.17) is 18.9 Å². The maximum absolute atomic E-state index is 5.61. The first-order valence-electron chi connectivity index (χ1n) is 26.9. The number of halogens is 1. The molecule has 0 aromatic heterocycles. The van der Waals surface area contributed by atoms with Crippen LogP contribution in [0.4, 0.5) is 0 Å². The van der Waals surface area contributed by atoms with Crippen molar-refractivity contribution in [3.05, 3.63) is 152 Å². The molecular formula is C65H101ClN2O4. The summed E-state index contributed by atoms with van der Waals surface area (Å²) in [7, 11) is 6.71. The van der Waals surface area contributed by atoms with Crippen LogP contribution in [0.25, 0.3) is 0 Å². The zero-order valence-corrected chi connectivity index (χ0v) is 48.8. The monoisotopic (exact) mass is 1010 g/mol. The second kappa shape index (κ2) is 40.0. The first-order chi connectivity index (χ1) is 34.1. The van der Waals surface area contributed by atoms with Gasteiger partial charge in [-0.1, -0.05) is 117 Å². The lowest BCUT2D eigenvalue weighted by atomic mass is 10.0. The van der Waals surface area contributed by atoms with Gasteiger partial charge >= 0.3 is 0 Å². The fourth-order valence-electron chi connectivity index (χ4n) is 8.45. The Morgan fingerprint density at radius 1 is 0.403 bits per heavy atom. The van der Waals surface area contributed by atoms with E-state index in [-0.39, 0.29) is 12.4 Å². The number of hydrogen-bond acceptors (Lipinski definition) is 6. The minimum absolute atomic E-state index is 0. The van der Waals surface area contributed by atoms with E-state index in [9.17, 15) is 0 Å². The van der Waals surface area contributed by atoms with Gasteiger partial charge in [0.2, 0.25) is 0 Å². The standard InChI is InChI=1S/C65H100N2O4.ClH/c1-51(2)23-15-24-52(3)25-16-26-53(4)27-17-28-54(5)29-18-30-55(6)31-19-32-56(7)33-20-34-57(8)35-21-36-58(9)37-22-38-59(10)43-45-67(50-61-40-42-63(69-12)65(48-61)71-14)46-44-66-49-60-39-41-62(68-11)64(47-60)70-13;/h23,25,27,29,31,33,35,37,39-43,47-48,66H,15-22,24,26,28,30,32,34,36,38,44-46,49-50H2,1-14H3;1H/b52-25+,53-27+,54-29+,55-31+,56-33+,57-35+,58-37+,59-43+;. The van der Waals surface area contributed by atoms with Crippen LogP contribution in [0.2, 0.25) is 0 Å². The molecule has 2 rings (SSSR count). The predicted molar refractivity (Wildman–Crippen MR) is 317 cm³/mol. The molecule has 2 aromatic carbocycles. The van der Waals surface area contributed by atoms with Gasteiger partial charge in [0.1, 0.15) is 0 Å². The molecule has 0 aliphatic rings. The van der Waals surface area contributed by atoms with Gasteiger partial charge in [-0.3, -0.25) is 4.90 Å². The summed E-state index contributed by atoms with van der Waals surface area (Å²) < 4.78 is 22.0. The van der Waals surface area contributed by atoms with Gasteiger partial charge in [-0.15, -0.1) is 12.4 Å². The van der Waals surface area contributed by atoms with E-state index in [2.05, 4.69) is 152 Å². The van der Waals surface area contributed by atoms with Crippen molar-refractivity contribution in [2.45, 2.75) is 185 Å². The van der Waals surface area contributed by atoms with Gasteiger partial charge in [-0.25, -0.2) is 0 Å².